The molecule has 2 heterocycles. The molecule has 1 N–H and O–H groups in total. The van der Waals surface area contributed by atoms with Crippen LogP contribution in [0, 0.1) is 6.92 Å². The van der Waals surface area contributed by atoms with Crippen LogP contribution >= 0.6 is 23.2 Å². The molecule has 2 aromatic heterocycles. The van der Waals surface area contributed by atoms with Crippen molar-refractivity contribution in [2.24, 2.45) is 0 Å². The summed E-state index contributed by atoms with van der Waals surface area (Å²) < 4.78 is 3.10. The fourth-order valence-electron chi connectivity index (χ4n) is 3.03. The van der Waals surface area contributed by atoms with Crippen molar-refractivity contribution in [3.8, 4) is 5.69 Å². The van der Waals surface area contributed by atoms with E-state index >= 15 is 0 Å². The second kappa shape index (κ2) is 8.06. The predicted molar refractivity (Wildman–Crippen MR) is 112 cm³/mol. The maximum absolute atomic E-state index is 13.0. The number of nitrogens with one attached hydrogen (secondary N) is 1. The van der Waals surface area contributed by atoms with Crippen LogP contribution in [0.15, 0.2) is 61.2 Å². The van der Waals surface area contributed by atoms with Gasteiger partial charge in [0, 0.05) is 0 Å². The minimum absolute atomic E-state index is 0.271. The van der Waals surface area contributed by atoms with Crippen LogP contribution in [-0.2, 0) is 6.54 Å². The molecule has 0 spiro atoms. The molecule has 0 aliphatic rings. The average Bonchev–Trinajstić information content (AvgIpc) is 3.31. The monoisotopic (exact) mass is 426 g/mol. The Labute approximate surface area is 176 Å². The highest BCUT2D eigenvalue weighted by molar-refractivity contribution is 6.34. The number of aryl methyl sites for hydroxylation is 1. The lowest BCUT2D eigenvalue weighted by molar-refractivity contribution is 0.102. The number of halogens is 2. The highest BCUT2D eigenvalue weighted by Gasteiger charge is 2.22. The number of nitrogens with zero attached hydrogens (tertiary/aromatic N) is 5. The molecule has 4 aromatic rings. The van der Waals surface area contributed by atoms with Gasteiger partial charge in [-0.05, 0) is 24.6 Å². The number of para-hydroxylation sites is 1. The molecule has 29 heavy (non-hydrogen) atoms. The maximum Gasteiger partial charge on any atom is 0.260 e. The van der Waals surface area contributed by atoms with Gasteiger partial charge in [0.05, 0.1) is 28.5 Å². The van der Waals surface area contributed by atoms with Crippen molar-refractivity contribution < 1.29 is 4.79 Å². The Bertz CT molecular complexity index is 1160. The quantitative estimate of drug-likeness (QED) is 0.513. The van der Waals surface area contributed by atoms with Crippen LogP contribution < -0.4 is 5.32 Å². The molecule has 0 aliphatic carbocycles. The van der Waals surface area contributed by atoms with Gasteiger partial charge < -0.3 is 5.32 Å². The van der Waals surface area contributed by atoms with Gasteiger partial charge in [0.25, 0.3) is 5.91 Å². The molecule has 1 amide bonds. The summed E-state index contributed by atoms with van der Waals surface area (Å²) in [7, 11) is 0. The van der Waals surface area contributed by atoms with Crippen LogP contribution in [0.25, 0.3) is 5.69 Å². The first-order valence-electron chi connectivity index (χ1n) is 8.76. The van der Waals surface area contributed by atoms with Crippen LogP contribution in [0.4, 0.5) is 5.69 Å². The Hall–Kier alpha value is -3.16. The van der Waals surface area contributed by atoms with Gasteiger partial charge in [-0.25, -0.2) is 14.3 Å². The number of carbonyl (C=O) groups is 1. The summed E-state index contributed by atoms with van der Waals surface area (Å²) in [5.74, 6) is -0.379. The van der Waals surface area contributed by atoms with E-state index in [1.165, 1.54) is 17.3 Å². The van der Waals surface area contributed by atoms with Crippen LogP contribution in [0.2, 0.25) is 10.2 Å². The maximum atomic E-state index is 13.0. The molecule has 0 radical (unpaired) electrons. The fraction of sp³-hybridized carbons (Fsp3) is 0.100. The Morgan fingerprint density at radius 2 is 1.90 bits per heavy atom. The summed E-state index contributed by atoms with van der Waals surface area (Å²) in [5.41, 5.74) is 2.89. The third-order valence-corrected chi connectivity index (χ3v) is 5.04. The molecule has 0 aliphatic heterocycles. The number of anilines is 1. The van der Waals surface area contributed by atoms with Crippen LogP contribution in [-0.4, -0.2) is 30.5 Å². The van der Waals surface area contributed by atoms with Gasteiger partial charge >= 0.3 is 0 Å². The number of hydrogen-bond acceptors (Lipinski definition) is 4. The minimum Gasteiger partial charge on any atom is -0.320 e. The zero-order valence-electron chi connectivity index (χ0n) is 15.4. The predicted octanol–water partition coefficient (Wildman–Crippen LogP) is 4.38. The molecule has 7 nitrogen and oxygen atoms in total. The summed E-state index contributed by atoms with van der Waals surface area (Å²) in [6, 6.07) is 15.0. The number of carbonyl (C=O) groups excluding carboxylic acids is 1. The lowest BCUT2D eigenvalue weighted by Crippen LogP contribution is -2.15. The Morgan fingerprint density at radius 3 is 2.62 bits per heavy atom. The van der Waals surface area contributed by atoms with E-state index in [9.17, 15) is 4.79 Å². The van der Waals surface area contributed by atoms with E-state index in [1.807, 2.05) is 30.3 Å². The minimum atomic E-state index is -0.379. The number of aromatic nitrogens is 5. The normalized spacial score (nSPS) is 10.9. The summed E-state index contributed by atoms with van der Waals surface area (Å²) >= 11 is 12.8. The second-order valence-electron chi connectivity index (χ2n) is 6.32. The zero-order chi connectivity index (χ0) is 20.4. The topological polar surface area (TPSA) is 77.6 Å². The molecule has 0 atom stereocenters. The Balaban J connectivity index is 1.64. The van der Waals surface area contributed by atoms with Crippen molar-refractivity contribution in [2.45, 2.75) is 13.5 Å². The third-order valence-electron chi connectivity index (χ3n) is 4.35. The molecule has 0 fully saturated rings. The molecule has 9 heteroatoms. The molecule has 2 aromatic carbocycles. The lowest BCUT2D eigenvalue weighted by atomic mass is 10.2. The summed E-state index contributed by atoms with van der Waals surface area (Å²) in [6.45, 7) is 2.22. The van der Waals surface area contributed by atoms with E-state index in [4.69, 9.17) is 23.2 Å². The van der Waals surface area contributed by atoms with E-state index in [0.717, 1.165) is 5.56 Å². The number of amides is 1. The molecule has 0 saturated heterocycles. The fourth-order valence-corrected chi connectivity index (χ4v) is 3.61. The molecule has 4 rings (SSSR count). The van der Waals surface area contributed by atoms with Gasteiger partial charge in [0.1, 0.15) is 23.5 Å². The van der Waals surface area contributed by atoms with Crippen molar-refractivity contribution in [1.82, 2.24) is 24.5 Å². The standard InChI is InChI=1S/C20H16Cl2N6O/c1-13-17(19(22)27(26-13)10-14-6-3-2-4-7-14)20(29)25-16-9-5-8-15(21)18(16)28-12-23-11-24-28/h2-9,11-12H,10H2,1H3,(H,25,29). The molecule has 146 valence electrons. The van der Waals surface area contributed by atoms with E-state index in [-0.39, 0.29) is 11.1 Å². The van der Waals surface area contributed by atoms with Crippen LogP contribution in [0.5, 0.6) is 0 Å². The van der Waals surface area contributed by atoms with Crippen molar-refractivity contribution in [3.05, 3.63) is 88.2 Å². The smallest absolute Gasteiger partial charge is 0.260 e. The highest BCUT2D eigenvalue weighted by Crippen LogP contribution is 2.29. The van der Waals surface area contributed by atoms with Gasteiger partial charge in [-0.1, -0.05) is 59.6 Å². The first-order chi connectivity index (χ1) is 14.0. The first kappa shape index (κ1) is 19.2. The molecule has 0 unspecified atom stereocenters. The van der Waals surface area contributed by atoms with Crippen LogP contribution in [0.3, 0.4) is 0 Å². The molecule has 0 bridgehead atoms. The van der Waals surface area contributed by atoms with Gasteiger partial charge in [0.2, 0.25) is 0 Å². The van der Waals surface area contributed by atoms with E-state index in [2.05, 4.69) is 20.5 Å². The van der Waals surface area contributed by atoms with Crippen molar-refractivity contribution in [3.63, 3.8) is 0 Å². The summed E-state index contributed by atoms with van der Waals surface area (Å²) in [4.78, 5) is 17.0. The van der Waals surface area contributed by atoms with E-state index in [0.29, 0.717) is 34.2 Å². The second-order valence-corrected chi connectivity index (χ2v) is 7.09. The lowest BCUT2D eigenvalue weighted by Gasteiger charge is -2.12. The van der Waals surface area contributed by atoms with Crippen LogP contribution in [0.1, 0.15) is 21.6 Å². The van der Waals surface area contributed by atoms with Gasteiger partial charge in [-0.3, -0.25) is 4.79 Å². The van der Waals surface area contributed by atoms with Crippen molar-refractivity contribution in [1.29, 1.82) is 0 Å². The molecular weight excluding hydrogens is 411 g/mol. The van der Waals surface area contributed by atoms with Gasteiger partial charge in [0.15, 0.2) is 0 Å². The SMILES string of the molecule is Cc1nn(Cc2ccccc2)c(Cl)c1C(=O)Nc1cccc(Cl)c1-n1cncn1. The van der Waals surface area contributed by atoms with Crippen molar-refractivity contribution >= 4 is 34.8 Å². The van der Waals surface area contributed by atoms with Gasteiger partial charge in [-0.15, -0.1) is 0 Å². The van der Waals surface area contributed by atoms with Crippen molar-refractivity contribution in [2.75, 3.05) is 5.32 Å². The third kappa shape index (κ3) is 3.87. The Kier molecular flexibility index (Phi) is 5.33. The molecular formula is C20H16Cl2N6O. The number of hydrogen-bond donors (Lipinski definition) is 1. The zero-order valence-corrected chi connectivity index (χ0v) is 16.9. The highest BCUT2D eigenvalue weighted by atomic mass is 35.5. The average molecular weight is 427 g/mol. The number of rotatable bonds is 5. The number of benzene rings is 2. The Morgan fingerprint density at radius 1 is 1.10 bits per heavy atom. The van der Waals surface area contributed by atoms with E-state index < -0.39 is 0 Å². The van der Waals surface area contributed by atoms with Gasteiger partial charge in [-0.2, -0.15) is 10.2 Å². The van der Waals surface area contributed by atoms with E-state index in [1.54, 1.807) is 29.8 Å². The molecule has 0 saturated carbocycles. The summed E-state index contributed by atoms with van der Waals surface area (Å²) in [6.07, 6.45) is 2.90. The first-order valence-corrected chi connectivity index (χ1v) is 9.52. The largest absolute Gasteiger partial charge is 0.320 e. The summed E-state index contributed by atoms with van der Waals surface area (Å²) in [5, 5.41) is 12.1.